The summed E-state index contributed by atoms with van der Waals surface area (Å²) in [4.78, 5) is 0. The maximum Gasteiger partial charge on any atom is 0.121 e. The smallest absolute Gasteiger partial charge is 0.121 e. The predicted octanol–water partition coefficient (Wildman–Crippen LogP) is 3.70. The zero-order valence-electron chi connectivity index (χ0n) is 19.6. The molecule has 5 N–H and O–H groups in total. The maximum atomic E-state index is 11.0. The van der Waals surface area contributed by atoms with Gasteiger partial charge in [0.2, 0.25) is 0 Å². The molecule has 0 heterocycles. The highest BCUT2D eigenvalue weighted by Gasteiger charge is 2.45. The first-order valence-electron chi connectivity index (χ1n) is 12.4. The van der Waals surface area contributed by atoms with Crippen LogP contribution in [-0.2, 0) is 4.74 Å². The summed E-state index contributed by atoms with van der Waals surface area (Å²) < 4.78 is 5.54. The van der Waals surface area contributed by atoms with Crippen LogP contribution < -0.4 is 0 Å². The van der Waals surface area contributed by atoms with E-state index in [9.17, 15) is 20.4 Å². The van der Waals surface area contributed by atoms with Crippen LogP contribution >= 0.6 is 0 Å². The van der Waals surface area contributed by atoms with Crippen molar-refractivity contribution in [3.63, 3.8) is 0 Å². The van der Waals surface area contributed by atoms with E-state index in [1.54, 1.807) is 0 Å². The fraction of sp³-hybridized carbons (Fsp3) is 1.00. The van der Waals surface area contributed by atoms with E-state index in [0.29, 0.717) is 13.0 Å². The van der Waals surface area contributed by atoms with E-state index in [1.807, 2.05) is 0 Å². The Morgan fingerprint density at radius 3 is 1.67 bits per heavy atom. The van der Waals surface area contributed by atoms with Crippen LogP contribution in [0.25, 0.3) is 0 Å². The van der Waals surface area contributed by atoms with Gasteiger partial charge in [0, 0.05) is 6.61 Å². The molecule has 0 aromatic rings. The summed E-state index contributed by atoms with van der Waals surface area (Å²) in [6.07, 6.45) is 11.2. The summed E-state index contributed by atoms with van der Waals surface area (Å²) in [6.45, 7) is 4.09. The van der Waals surface area contributed by atoms with Crippen molar-refractivity contribution in [2.75, 3.05) is 19.8 Å². The maximum absolute atomic E-state index is 11.0. The molecule has 182 valence electrons. The molecule has 0 bridgehead atoms. The Balaban J connectivity index is 4.33. The Hall–Kier alpha value is -0.240. The van der Waals surface area contributed by atoms with Crippen molar-refractivity contribution in [2.24, 2.45) is 0 Å². The number of ether oxygens (including phenoxy) is 1. The normalized spacial score (nSPS) is 16.9. The van der Waals surface area contributed by atoms with Crippen molar-refractivity contribution >= 4 is 0 Å². The Morgan fingerprint density at radius 1 is 0.700 bits per heavy atom. The molecule has 6 nitrogen and oxygen atoms in total. The summed E-state index contributed by atoms with van der Waals surface area (Å²) in [6, 6.07) is 0. The summed E-state index contributed by atoms with van der Waals surface area (Å²) >= 11 is 0. The largest absolute Gasteiger partial charge is 0.394 e. The second-order valence-corrected chi connectivity index (χ2v) is 8.77. The van der Waals surface area contributed by atoms with Crippen molar-refractivity contribution in [3.8, 4) is 0 Å². The molecular weight excluding hydrogens is 384 g/mol. The number of unbranched alkanes of at least 4 members (excludes halogenated alkanes) is 12. The molecule has 0 aliphatic carbocycles. The number of aliphatic hydroxyl groups is 5. The first-order valence-corrected chi connectivity index (χ1v) is 12.4. The van der Waals surface area contributed by atoms with Crippen molar-refractivity contribution in [3.05, 3.63) is 0 Å². The highest BCUT2D eigenvalue weighted by molar-refractivity contribution is 4.96. The minimum absolute atomic E-state index is 0.0992. The van der Waals surface area contributed by atoms with Crippen molar-refractivity contribution in [1.29, 1.82) is 0 Å². The second kappa shape index (κ2) is 19.4. The van der Waals surface area contributed by atoms with E-state index >= 15 is 0 Å². The molecular formula is C24H50O6. The van der Waals surface area contributed by atoms with Crippen molar-refractivity contribution in [2.45, 2.75) is 134 Å². The predicted molar refractivity (Wildman–Crippen MR) is 121 cm³/mol. The fourth-order valence-electron chi connectivity index (χ4n) is 3.81. The Morgan fingerprint density at radius 2 is 1.17 bits per heavy atom. The molecule has 6 heteroatoms. The number of aliphatic hydroxyl groups excluding tert-OH is 4. The van der Waals surface area contributed by atoms with Gasteiger partial charge in [-0.2, -0.15) is 0 Å². The highest BCUT2D eigenvalue weighted by Crippen LogP contribution is 2.27. The van der Waals surface area contributed by atoms with Crippen molar-refractivity contribution in [1.82, 2.24) is 0 Å². The molecule has 4 unspecified atom stereocenters. The van der Waals surface area contributed by atoms with Crippen LogP contribution in [0.1, 0.15) is 110 Å². The molecule has 30 heavy (non-hydrogen) atoms. The number of hydrogen-bond acceptors (Lipinski definition) is 6. The molecule has 0 aliphatic rings. The van der Waals surface area contributed by atoms with Crippen LogP contribution in [0, 0.1) is 0 Å². The van der Waals surface area contributed by atoms with Gasteiger partial charge in [-0.1, -0.05) is 97.3 Å². The van der Waals surface area contributed by atoms with Crippen LogP contribution in [0.4, 0.5) is 0 Å². The van der Waals surface area contributed by atoms with Gasteiger partial charge in [0.25, 0.3) is 0 Å². The number of hydrogen-bond donors (Lipinski definition) is 5. The molecule has 0 rings (SSSR count). The van der Waals surface area contributed by atoms with Gasteiger partial charge in [-0.3, -0.25) is 0 Å². The molecule has 0 amide bonds. The molecule has 4 atom stereocenters. The Labute approximate surface area is 184 Å². The summed E-state index contributed by atoms with van der Waals surface area (Å²) in [7, 11) is 0. The van der Waals surface area contributed by atoms with Gasteiger partial charge in [0.05, 0.1) is 13.2 Å². The SMILES string of the molecule is CCCCCCCCCOCC(O)C(O)(CCCCCCCCC)C(O)C(O)CO. The minimum Gasteiger partial charge on any atom is -0.394 e. The quantitative estimate of drug-likeness (QED) is 0.166. The monoisotopic (exact) mass is 434 g/mol. The fourth-order valence-corrected chi connectivity index (χ4v) is 3.81. The van der Waals surface area contributed by atoms with Crippen LogP contribution in [0.2, 0.25) is 0 Å². The summed E-state index contributed by atoms with van der Waals surface area (Å²) in [5.74, 6) is 0. The molecule has 0 aromatic heterocycles. The number of rotatable bonds is 22. The van der Waals surface area contributed by atoms with E-state index in [1.165, 1.54) is 51.4 Å². The second-order valence-electron chi connectivity index (χ2n) is 8.77. The molecule has 0 fully saturated rings. The highest BCUT2D eigenvalue weighted by atomic mass is 16.5. The molecule has 0 radical (unpaired) electrons. The average Bonchev–Trinajstić information content (AvgIpc) is 2.75. The topological polar surface area (TPSA) is 110 Å². The van der Waals surface area contributed by atoms with Gasteiger partial charge >= 0.3 is 0 Å². The van der Waals surface area contributed by atoms with Gasteiger partial charge in [-0.15, -0.1) is 0 Å². The van der Waals surface area contributed by atoms with Crippen LogP contribution in [0.3, 0.4) is 0 Å². The van der Waals surface area contributed by atoms with Crippen LogP contribution in [0.15, 0.2) is 0 Å². The zero-order chi connectivity index (χ0) is 22.7. The third kappa shape index (κ3) is 13.2. The van der Waals surface area contributed by atoms with Gasteiger partial charge in [-0.05, 0) is 12.8 Å². The minimum atomic E-state index is -1.90. The van der Waals surface area contributed by atoms with Gasteiger partial charge < -0.3 is 30.3 Å². The average molecular weight is 435 g/mol. The van der Waals surface area contributed by atoms with E-state index in [4.69, 9.17) is 9.84 Å². The third-order valence-electron chi connectivity index (χ3n) is 5.99. The Bertz CT molecular complexity index is 368. The lowest BCUT2D eigenvalue weighted by molar-refractivity contribution is -0.197. The third-order valence-corrected chi connectivity index (χ3v) is 5.99. The summed E-state index contributed by atoms with van der Waals surface area (Å²) in [5.41, 5.74) is -1.90. The van der Waals surface area contributed by atoms with Crippen LogP contribution in [-0.4, -0.2) is 69.3 Å². The first kappa shape index (κ1) is 29.8. The van der Waals surface area contributed by atoms with Gasteiger partial charge in [0.15, 0.2) is 0 Å². The molecule has 0 saturated carbocycles. The lowest BCUT2D eigenvalue weighted by atomic mass is 9.82. The van der Waals surface area contributed by atoms with Crippen molar-refractivity contribution < 1.29 is 30.3 Å². The van der Waals surface area contributed by atoms with Gasteiger partial charge in [0.1, 0.15) is 23.9 Å². The van der Waals surface area contributed by atoms with E-state index in [2.05, 4.69) is 13.8 Å². The van der Waals surface area contributed by atoms with E-state index in [-0.39, 0.29) is 13.0 Å². The Kier molecular flexibility index (Phi) is 19.3. The lowest BCUT2D eigenvalue weighted by Gasteiger charge is -2.38. The van der Waals surface area contributed by atoms with E-state index < -0.39 is 30.5 Å². The molecule has 0 spiro atoms. The zero-order valence-corrected chi connectivity index (χ0v) is 19.6. The molecule has 0 aromatic carbocycles. The molecule has 0 aliphatic heterocycles. The summed E-state index contributed by atoms with van der Waals surface area (Å²) in [5, 5.41) is 50.8. The van der Waals surface area contributed by atoms with Gasteiger partial charge in [-0.25, -0.2) is 0 Å². The van der Waals surface area contributed by atoms with Crippen LogP contribution in [0.5, 0.6) is 0 Å². The first-order chi connectivity index (χ1) is 14.4. The lowest BCUT2D eigenvalue weighted by Crippen LogP contribution is -2.58. The van der Waals surface area contributed by atoms with E-state index in [0.717, 1.165) is 32.1 Å². The molecule has 0 saturated heterocycles. The standard InChI is InChI=1S/C24H50O6/c1-3-5-7-9-11-13-15-17-24(29,23(28)21(26)19-25)22(27)20-30-18-16-14-12-10-8-6-4-2/h21-23,25-29H,3-20H2,1-2H3.